The van der Waals surface area contributed by atoms with E-state index in [1.165, 1.54) is 7.11 Å². The molecule has 0 spiro atoms. The molecule has 274 valence electrons. The molecular weight excluding hydrogens is 650 g/mol. The van der Waals surface area contributed by atoms with Crippen LogP contribution in [-0.4, -0.2) is 125 Å². The monoisotopic (exact) mass is 701 g/mol. The van der Waals surface area contributed by atoms with Crippen LogP contribution in [0.1, 0.15) is 49.0 Å². The Bertz CT molecular complexity index is 1600. The Hall–Kier alpha value is -5.39. The van der Waals surface area contributed by atoms with Gasteiger partial charge in [-0.2, -0.15) is 0 Å². The summed E-state index contributed by atoms with van der Waals surface area (Å²) < 4.78 is 10.5. The van der Waals surface area contributed by atoms with Gasteiger partial charge in [-0.3, -0.25) is 35.4 Å². The SMILES string of the molecule is CC.CNC(C#CC1=C(OC)CC=C(C(=N)N2CCCN(C3=CN=CCC=N3)CC2)C=N1)C(=O)NC=O.COc1ccc(CN(C)C)c(C=O)c1. The number of imide groups is 1. The van der Waals surface area contributed by atoms with Crippen LogP contribution >= 0.6 is 0 Å². The second-order valence-corrected chi connectivity index (χ2v) is 11.2. The first kappa shape index (κ1) is 41.8. The minimum Gasteiger partial charge on any atom is -0.498 e. The molecule has 1 unspecified atom stereocenters. The van der Waals surface area contributed by atoms with Crippen LogP contribution < -0.4 is 15.4 Å². The number of hydrogen-bond donors (Lipinski definition) is 3. The normalized spacial score (nSPS) is 15.8. The van der Waals surface area contributed by atoms with Crippen LogP contribution in [0.2, 0.25) is 0 Å². The van der Waals surface area contributed by atoms with Crippen LogP contribution in [-0.2, 0) is 20.9 Å². The van der Waals surface area contributed by atoms with Gasteiger partial charge in [-0.1, -0.05) is 31.9 Å². The van der Waals surface area contributed by atoms with E-state index >= 15 is 0 Å². The number of benzene rings is 1. The summed E-state index contributed by atoms with van der Waals surface area (Å²) in [5.74, 6) is 7.56. The van der Waals surface area contributed by atoms with E-state index < -0.39 is 11.9 Å². The molecule has 14 nitrogen and oxygen atoms in total. The van der Waals surface area contributed by atoms with Crippen LogP contribution in [0.3, 0.4) is 0 Å². The van der Waals surface area contributed by atoms with E-state index in [1.807, 2.05) is 68.4 Å². The molecule has 4 rings (SSSR count). The highest BCUT2D eigenvalue weighted by molar-refractivity contribution is 6.14. The van der Waals surface area contributed by atoms with Crippen LogP contribution in [0.25, 0.3) is 0 Å². The highest BCUT2D eigenvalue weighted by Crippen LogP contribution is 2.20. The standard InChI is InChI=1S/C24H30N8O3.C11H15NO2.C2H6/c1-26-20(24(34)30-17-33)7-6-19-21(35-2)8-5-18(15-29-19)23(25)32-12-4-11-31(13-14-32)22-16-27-9-3-10-28-22;1-12(2)7-9-4-5-11(14-3)6-10(9)8-13;1-2/h5,9-10,15-17,20,25-26H,3-4,8,11-14H2,1-2H3,(H,30,33,34);4-6,8H,7H2,1-3H3;1-2H3. The molecule has 0 radical (unpaired) electrons. The molecule has 0 saturated carbocycles. The van der Waals surface area contributed by atoms with Gasteiger partial charge < -0.3 is 24.2 Å². The van der Waals surface area contributed by atoms with Gasteiger partial charge in [0, 0.05) is 75.3 Å². The smallest absolute Gasteiger partial charge is 0.255 e. The fourth-order valence-electron chi connectivity index (χ4n) is 4.97. The highest BCUT2D eigenvalue weighted by Gasteiger charge is 2.21. The molecule has 3 heterocycles. The maximum absolute atomic E-state index is 11.9. The number of nitrogens with zero attached hydrogens (tertiary/aromatic N) is 6. The number of aliphatic imine (C=N–C) groups is 3. The molecule has 1 saturated heterocycles. The van der Waals surface area contributed by atoms with Crippen molar-refractivity contribution in [1.29, 1.82) is 5.41 Å². The number of rotatable bonds is 10. The van der Waals surface area contributed by atoms with E-state index in [1.54, 1.807) is 32.6 Å². The third-order valence-electron chi connectivity index (χ3n) is 7.54. The summed E-state index contributed by atoms with van der Waals surface area (Å²) in [4.78, 5) is 52.7. The average molecular weight is 702 g/mol. The molecule has 0 aliphatic carbocycles. The van der Waals surface area contributed by atoms with Crippen molar-refractivity contribution in [3.8, 4) is 17.6 Å². The number of ether oxygens (including phenoxy) is 2. The van der Waals surface area contributed by atoms with Gasteiger partial charge in [-0.05, 0) is 51.2 Å². The molecule has 1 atom stereocenters. The minimum absolute atomic E-state index is 0.316. The number of amidine groups is 1. The Balaban J connectivity index is 0.000000470. The number of carbonyl (C=O) groups is 3. The first-order chi connectivity index (χ1) is 24.7. The molecule has 2 amide bonds. The zero-order chi connectivity index (χ0) is 37.6. The van der Waals surface area contributed by atoms with Crippen LogP contribution in [0.5, 0.6) is 5.75 Å². The molecule has 51 heavy (non-hydrogen) atoms. The lowest BCUT2D eigenvalue weighted by Gasteiger charge is -2.25. The van der Waals surface area contributed by atoms with E-state index in [9.17, 15) is 14.4 Å². The number of amides is 2. The zero-order valence-corrected chi connectivity index (χ0v) is 30.7. The van der Waals surface area contributed by atoms with E-state index in [0.717, 1.165) is 62.4 Å². The number of allylic oxidation sites excluding steroid dienone is 2. The third-order valence-corrected chi connectivity index (χ3v) is 7.54. The molecule has 3 aliphatic rings. The van der Waals surface area contributed by atoms with E-state index in [4.69, 9.17) is 14.9 Å². The fourth-order valence-corrected chi connectivity index (χ4v) is 4.97. The molecule has 0 bridgehead atoms. The predicted molar refractivity (Wildman–Crippen MR) is 202 cm³/mol. The van der Waals surface area contributed by atoms with Crippen molar-refractivity contribution >= 4 is 43.1 Å². The molecule has 3 N–H and O–H groups in total. The largest absolute Gasteiger partial charge is 0.498 e. The molecule has 1 aromatic carbocycles. The van der Waals surface area contributed by atoms with Crippen molar-refractivity contribution < 1.29 is 23.9 Å². The first-order valence-electron chi connectivity index (χ1n) is 16.8. The number of methoxy groups -OCH3 is 2. The quantitative estimate of drug-likeness (QED) is 0.144. The third kappa shape index (κ3) is 13.4. The predicted octanol–water partition coefficient (Wildman–Crippen LogP) is 3.03. The first-order valence-corrected chi connectivity index (χ1v) is 16.8. The lowest BCUT2D eigenvalue weighted by molar-refractivity contribution is -0.125. The summed E-state index contributed by atoms with van der Waals surface area (Å²) in [6, 6.07) is 4.66. The van der Waals surface area contributed by atoms with Gasteiger partial charge >= 0.3 is 0 Å². The number of aldehydes is 1. The van der Waals surface area contributed by atoms with Gasteiger partial charge in [0.25, 0.3) is 5.91 Å². The molecule has 14 heteroatoms. The van der Waals surface area contributed by atoms with Gasteiger partial charge in [-0.25, -0.2) is 9.98 Å². The van der Waals surface area contributed by atoms with Crippen molar-refractivity contribution in [1.82, 2.24) is 25.3 Å². The Labute approximate surface area is 301 Å². The maximum atomic E-state index is 11.9. The summed E-state index contributed by atoms with van der Waals surface area (Å²) >= 11 is 0. The summed E-state index contributed by atoms with van der Waals surface area (Å²) in [6.45, 7) is 7.76. The van der Waals surface area contributed by atoms with Gasteiger partial charge in [0.05, 0.1) is 20.4 Å². The Morgan fingerprint density at radius 1 is 1.10 bits per heavy atom. The Morgan fingerprint density at radius 2 is 1.88 bits per heavy atom. The molecular formula is C37H51N9O5. The average Bonchev–Trinajstić information content (AvgIpc) is 3.65. The molecule has 0 aromatic heterocycles. The van der Waals surface area contributed by atoms with Crippen molar-refractivity contribution in [2.45, 2.75) is 45.7 Å². The lowest BCUT2D eigenvalue weighted by Crippen LogP contribution is -2.41. The number of nitrogens with one attached hydrogen (secondary N) is 3. The van der Waals surface area contributed by atoms with Crippen molar-refractivity contribution in [2.24, 2.45) is 15.0 Å². The minimum atomic E-state index is -0.881. The fraction of sp³-hybridized carbons (Fsp3) is 0.432. The van der Waals surface area contributed by atoms with E-state index in [0.29, 0.717) is 47.8 Å². The maximum Gasteiger partial charge on any atom is 0.255 e. The van der Waals surface area contributed by atoms with Crippen LogP contribution in [0.4, 0.5) is 0 Å². The van der Waals surface area contributed by atoms with Gasteiger partial charge in [0.15, 0.2) is 12.0 Å². The van der Waals surface area contributed by atoms with Crippen LogP contribution in [0, 0.1) is 17.3 Å². The highest BCUT2D eigenvalue weighted by atomic mass is 16.5. The second kappa shape index (κ2) is 23.1. The molecule has 1 fully saturated rings. The zero-order valence-electron chi connectivity index (χ0n) is 30.7. The Kier molecular flexibility index (Phi) is 18.9. The number of hydrogen-bond acceptors (Lipinski definition) is 12. The summed E-state index contributed by atoms with van der Waals surface area (Å²) in [5, 5.41) is 13.6. The van der Waals surface area contributed by atoms with Crippen molar-refractivity contribution in [2.75, 3.05) is 61.5 Å². The molecule has 1 aromatic rings. The van der Waals surface area contributed by atoms with Gasteiger partial charge in [0.1, 0.15) is 29.2 Å². The number of likely N-dealkylation sites (N-methyl/N-ethyl adjacent to an activating group) is 1. The molecule has 3 aliphatic heterocycles. The topological polar surface area (TPSA) is 164 Å². The van der Waals surface area contributed by atoms with Gasteiger partial charge in [0.2, 0.25) is 6.41 Å². The number of carbonyl (C=O) groups excluding carboxylic acids is 3. The summed E-state index contributed by atoms with van der Waals surface area (Å²) in [6.07, 6.45) is 12.2. The van der Waals surface area contributed by atoms with Crippen LogP contribution in [0.15, 0.2) is 68.3 Å². The summed E-state index contributed by atoms with van der Waals surface area (Å²) in [5.41, 5.74) is 2.75. The van der Waals surface area contributed by atoms with E-state index in [2.05, 4.69) is 42.4 Å². The van der Waals surface area contributed by atoms with E-state index in [-0.39, 0.29) is 0 Å². The van der Waals surface area contributed by atoms with Gasteiger partial charge in [-0.15, -0.1) is 0 Å². The summed E-state index contributed by atoms with van der Waals surface area (Å²) in [7, 11) is 8.64. The lowest BCUT2D eigenvalue weighted by atomic mass is 10.1. The van der Waals surface area contributed by atoms with Crippen molar-refractivity contribution in [3.63, 3.8) is 0 Å². The second-order valence-electron chi connectivity index (χ2n) is 11.2. The Morgan fingerprint density at radius 3 is 2.55 bits per heavy atom. The van der Waals surface area contributed by atoms with Crippen molar-refractivity contribution in [3.05, 3.63) is 64.5 Å².